The van der Waals surface area contributed by atoms with Crippen LogP contribution < -0.4 is 11.5 Å². The van der Waals surface area contributed by atoms with Gasteiger partial charge in [-0.2, -0.15) is 0 Å². The lowest BCUT2D eigenvalue weighted by molar-refractivity contribution is -0.153. The number of hydrogen-bond donors (Lipinski definition) is 6. The van der Waals surface area contributed by atoms with Gasteiger partial charge in [0.05, 0.1) is 6.61 Å². The first-order valence-electron chi connectivity index (χ1n) is 5.09. The van der Waals surface area contributed by atoms with Gasteiger partial charge < -0.3 is 31.9 Å². The van der Waals surface area contributed by atoms with E-state index in [1.165, 1.54) is 0 Å². The van der Waals surface area contributed by atoms with E-state index in [0.29, 0.717) is 19.4 Å². The molecule has 0 rings (SSSR count). The number of aliphatic carboxylic acids is 1. The van der Waals surface area contributed by atoms with Crippen molar-refractivity contribution in [3.63, 3.8) is 0 Å². The first kappa shape index (κ1) is 15.3. The fourth-order valence-corrected chi connectivity index (χ4v) is 1.39. The largest absolute Gasteiger partial charge is 0.480 e. The number of nitrogens with two attached hydrogens (primary N) is 2. The second kappa shape index (κ2) is 6.77. The third-order valence-corrected chi connectivity index (χ3v) is 2.52. The van der Waals surface area contributed by atoms with Crippen molar-refractivity contribution in [1.29, 1.82) is 0 Å². The second-order valence-electron chi connectivity index (χ2n) is 3.79. The molecule has 0 saturated carbocycles. The molecule has 0 bridgehead atoms. The summed E-state index contributed by atoms with van der Waals surface area (Å²) in [5, 5.41) is 36.3. The molecule has 16 heavy (non-hydrogen) atoms. The maximum absolute atomic E-state index is 11.0. The molecule has 0 aromatic heterocycles. The first-order valence-corrected chi connectivity index (χ1v) is 5.09. The molecule has 0 saturated heterocycles. The number of carboxylic acid groups (broad SMARTS) is 1. The highest BCUT2D eigenvalue weighted by Crippen LogP contribution is 2.19. The van der Waals surface area contributed by atoms with Crippen LogP contribution in [0.3, 0.4) is 0 Å². The zero-order valence-electron chi connectivity index (χ0n) is 9.04. The topological polar surface area (TPSA) is 150 Å². The summed E-state index contributed by atoms with van der Waals surface area (Å²) in [7, 11) is 0. The minimum Gasteiger partial charge on any atom is -0.480 e. The van der Waals surface area contributed by atoms with Crippen LogP contribution in [0.1, 0.15) is 19.3 Å². The number of carbonyl (C=O) groups is 1. The van der Waals surface area contributed by atoms with Crippen molar-refractivity contribution in [2.24, 2.45) is 11.5 Å². The Hall–Kier alpha value is -0.730. The van der Waals surface area contributed by atoms with Crippen LogP contribution in [0.2, 0.25) is 0 Å². The van der Waals surface area contributed by atoms with Crippen molar-refractivity contribution < 1.29 is 25.2 Å². The van der Waals surface area contributed by atoms with Crippen LogP contribution in [0.5, 0.6) is 0 Å². The lowest BCUT2D eigenvalue weighted by Crippen LogP contribution is -2.61. The molecule has 0 fully saturated rings. The maximum Gasteiger partial charge on any atom is 0.326 e. The van der Waals surface area contributed by atoms with Gasteiger partial charge in [0.2, 0.25) is 0 Å². The van der Waals surface area contributed by atoms with Gasteiger partial charge in [-0.15, -0.1) is 0 Å². The molecule has 0 spiro atoms. The van der Waals surface area contributed by atoms with E-state index in [0.717, 1.165) is 0 Å². The molecule has 0 aromatic carbocycles. The monoisotopic (exact) mass is 236 g/mol. The molecular weight excluding hydrogens is 216 g/mol. The molecule has 96 valence electrons. The predicted molar refractivity (Wildman–Crippen MR) is 56.6 cm³/mol. The Kier molecular flexibility index (Phi) is 6.46. The van der Waals surface area contributed by atoms with Gasteiger partial charge in [0.15, 0.2) is 0 Å². The molecule has 0 radical (unpaired) electrons. The van der Waals surface area contributed by atoms with Gasteiger partial charge >= 0.3 is 5.97 Å². The summed E-state index contributed by atoms with van der Waals surface area (Å²) in [5.41, 5.74) is 8.84. The highest BCUT2D eigenvalue weighted by Gasteiger charge is 2.44. The van der Waals surface area contributed by atoms with Crippen LogP contribution in [0.25, 0.3) is 0 Å². The van der Waals surface area contributed by atoms with E-state index >= 15 is 0 Å². The minimum absolute atomic E-state index is 0.0161. The smallest absolute Gasteiger partial charge is 0.326 e. The minimum atomic E-state index is -1.96. The molecule has 0 aliphatic carbocycles. The molecule has 3 atom stereocenters. The summed E-state index contributed by atoms with van der Waals surface area (Å²) in [6, 6.07) is 0. The van der Waals surface area contributed by atoms with E-state index in [4.69, 9.17) is 21.7 Å². The van der Waals surface area contributed by atoms with Crippen LogP contribution in [-0.4, -0.2) is 57.3 Å². The number of aliphatic hydroxyl groups is 3. The molecule has 8 N–H and O–H groups in total. The Morgan fingerprint density at radius 3 is 2.25 bits per heavy atom. The van der Waals surface area contributed by atoms with Crippen molar-refractivity contribution in [3.05, 3.63) is 0 Å². The number of aliphatic hydroxyl groups excluding tert-OH is 3. The van der Waals surface area contributed by atoms with E-state index in [1.807, 2.05) is 0 Å². The van der Waals surface area contributed by atoms with Gasteiger partial charge in [-0.1, -0.05) is 0 Å². The van der Waals surface area contributed by atoms with E-state index in [-0.39, 0.29) is 6.42 Å². The molecular formula is C9H20N2O5. The average molecular weight is 236 g/mol. The van der Waals surface area contributed by atoms with Gasteiger partial charge in [-0.25, -0.2) is 0 Å². The van der Waals surface area contributed by atoms with E-state index in [9.17, 15) is 15.0 Å². The summed E-state index contributed by atoms with van der Waals surface area (Å²) in [5.74, 6) is -1.41. The zero-order valence-corrected chi connectivity index (χ0v) is 9.04. The molecule has 0 amide bonds. The molecule has 3 unspecified atom stereocenters. The van der Waals surface area contributed by atoms with Crippen molar-refractivity contribution >= 4 is 5.97 Å². The normalized spacial score (nSPS) is 18.8. The quantitative estimate of drug-likeness (QED) is 0.257. The lowest BCUT2D eigenvalue weighted by Gasteiger charge is -2.32. The third-order valence-electron chi connectivity index (χ3n) is 2.52. The highest BCUT2D eigenvalue weighted by atomic mass is 16.4. The maximum atomic E-state index is 11.0. The summed E-state index contributed by atoms with van der Waals surface area (Å²) in [6.45, 7) is -0.349. The van der Waals surface area contributed by atoms with E-state index in [1.54, 1.807) is 0 Å². The fraction of sp³-hybridized carbons (Fsp3) is 0.889. The van der Waals surface area contributed by atoms with Crippen molar-refractivity contribution in [3.8, 4) is 0 Å². The van der Waals surface area contributed by atoms with Gasteiger partial charge in [0.25, 0.3) is 0 Å². The van der Waals surface area contributed by atoms with Crippen molar-refractivity contribution in [1.82, 2.24) is 0 Å². The van der Waals surface area contributed by atoms with E-state index < -0.39 is 30.3 Å². The van der Waals surface area contributed by atoms with E-state index in [2.05, 4.69) is 0 Å². The Balaban J connectivity index is 4.61. The third kappa shape index (κ3) is 3.69. The standard InChI is InChI=1S/C9H20N2O5/c10-4-2-1-3-9(11,8(15)16)7(14)6(13)5-12/h6-7,12-14H,1-5,10-11H2,(H,15,16). The van der Waals surface area contributed by atoms with Gasteiger partial charge in [0.1, 0.15) is 17.7 Å². The van der Waals surface area contributed by atoms with Gasteiger partial charge in [0, 0.05) is 0 Å². The summed E-state index contributed by atoms with van der Waals surface area (Å²) in [4.78, 5) is 11.0. The Bertz CT molecular complexity index is 226. The SMILES string of the molecule is NCCCCC(N)(C(=O)O)C(O)C(O)CO. The molecule has 7 heteroatoms. The molecule has 0 heterocycles. The van der Waals surface area contributed by atoms with Crippen LogP contribution in [0.4, 0.5) is 0 Å². The summed E-state index contributed by atoms with van der Waals surface area (Å²) >= 11 is 0. The Labute approximate surface area is 93.7 Å². The number of unbranched alkanes of at least 4 members (excludes halogenated alkanes) is 1. The predicted octanol–water partition coefficient (Wildman–Crippen LogP) is -2.39. The van der Waals surface area contributed by atoms with Crippen molar-refractivity contribution in [2.75, 3.05) is 13.2 Å². The first-order chi connectivity index (χ1) is 7.40. The number of rotatable bonds is 8. The zero-order chi connectivity index (χ0) is 12.8. The second-order valence-corrected chi connectivity index (χ2v) is 3.79. The van der Waals surface area contributed by atoms with Crippen LogP contribution >= 0.6 is 0 Å². The molecule has 0 aliphatic rings. The summed E-state index contributed by atoms with van der Waals surface area (Å²) < 4.78 is 0. The molecule has 7 nitrogen and oxygen atoms in total. The number of carboxylic acids is 1. The highest BCUT2D eigenvalue weighted by molar-refractivity contribution is 5.79. The number of hydrogen-bond acceptors (Lipinski definition) is 6. The van der Waals surface area contributed by atoms with Crippen molar-refractivity contribution in [2.45, 2.75) is 37.0 Å². The average Bonchev–Trinajstić information content (AvgIpc) is 2.26. The lowest BCUT2D eigenvalue weighted by atomic mass is 9.85. The van der Waals surface area contributed by atoms with Crippen LogP contribution in [-0.2, 0) is 4.79 Å². The fourth-order valence-electron chi connectivity index (χ4n) is 1.39. The molecule has 0 aromatic rings. The molecule has 0 aliphatic heterocycles. The Morgan fingerprint density at radius 1 is 1.31 bits per heavy atom. The van der Waals surface area contributed by atoms with Crippen LogP contribution in [0, 0.1) is 0 Å². The Morgan fingerprint density at radius 2 is 1.88 bits per heavy atom. The van der Waals surface area contributed by atoms with Gasteiger partial charge in [-0.05, 0) is 25.8 Å². The van der Waals surface area contributed by atoms with Gasteiger partial charge in [-0.3, -0.25) is 4.79 Å². The van der Waals surface area contributed by atoms with Crippen LogP contribution in [0.15, 0.2) is 0 Å². The summed E-state index contributed by atoms with van der Waals surface area (Å²) in [6.07, 6.45) is -2.30.